The first-order chi connectivity index (χ1) is 15.8. The van der Waals surface area contributed by atoms with E-state index in [1.165, 1.54) is 54.7 Å². The quantitative estimate of drug-likeness (QED) is 0.273. The smallest absolute Gasteiger partial charge is 0.271 e. The van der Waals surface area contributed by atoms with E-state index in [0.29, 0.717) is 34.2 Å². The maximum atomic E-state index is 12.5. The summed E-state index contributed by atoms with van der Waals surface area (Å²) in [4.78, 5) is 12.5. The highest BCUT2D eigenvalue weighted by atomic mass is 79.9. The second-order valence-corrected chi connectivity index (χ2v) is 9.90. The van der Waals surface area contributed by atoms with Gasteiger partial charge in [-0.1, -0.05) is 34.5 Å². The minimum Gasteiger partial charge on any atom is -0.493 e. The number of amides is 1. The molecule has 0 heterocycles. The highest BCUT2D eigenvalue weighted by molar-refractivity contribution is 9.10. The summed E-state index contributed by atoms with van der Waals surface area (Å²) in [5, 5.41) is 4.45. The van der Waals surface area contributed by atoms with Gasteiger partial charge in [-0.3, -0.25) is 9.52 Å². The Morgan fingerprint density at radius 1 is 1.09 bits per heavy atom. The van der Waals surface area contributed by atoms with Gasteiger partial charge in [0.05, 0.1) is 17.7 Å². The normalized spacial score (nSPS) is 11.4. The topological polar surface area (TPSA) is 96.9 Å². The lowest BCUT2D eigenvalue weighted by Gasteiger charge is -2.09. The van der Waals surface area contributed by atoms with Crippen molar-refractivity contribution in [2.45, 2.75) is 18.2 Å². The molecule has 0 radical (unpaired) electrons. The lowest BCUT2D eigenvalue weighted by atomic mass is 10.2. The molecule has 0 aliphatic carbocycles. The van der Waals surface area contributed by atoms with E-state index in [9.17, 15) is 13.2 Å². The lowest BCUT2D eigenvalue weighted by molar-refractivity contribution is 0.0955. The number of hydrogen-bond acceptors (Lipinski definition) is 5. The zero-order valence-corrected chi connectivity index (χ0v) is 20.7. The first-order valence-corrected chi connectivity index (χ1v) is 12.6. The zero-order chi connectivity index (χ0) is 23.8. The van der Waals surface area contributed by atoms with Crippen molar-refractivity contribution in [2.75, 3.05) is 11.3 Å². The van der Waals surface area contributed by atoms with Gasteiger partial charge in [-0.2, -0.15) is 5.10 Å². The van der Waals surface area contributed by atoms with E-state index in [0.717, 1.165) is 10.9 Å². The first-order valence-electron chi connectivity index (χ1n) is 9.92. The molecule has 3 aromatic rings. The molecule has 3 aromatic carbocycles. The molecule has 7 nitrogen and oxygen atoms in total. The van der Waals surface area contributed by atoms with Crippen LogP contribution >= 0.6 is 27.5 Å². The fraction of sp³-hybridized carbons (Fsp3) is 0.130. The third-order valence-corrected chi connectivity index (χ3v) is 6.47. The predicted octanol–water partition coefficient (Wildman–Crippen LogP) is 5.46. The van der Waals surface area contributed by atoms with Crippen molar-refractivity contribution in [1.29, 1.82) is 0 Å². The predicted molar refractivity (Wildman–Crippen MR) is 134 cm³/mol. The standard InChI is InChI=1S/C23H21BrClN3O4S/c1-2-13-32-22-12-5-18(24)14-17(22)15-26-27-23(29)16-3-8-20(9-4-16)28-33(30,31)21-10-6-19(25)7-11-21/h3-12,14-15,28H,2,13H2,1H3,(H,27,29)/b26-15+. The summed E-state index contributed by atoms with van der Waals surface area (Å²) in [6.45, 7) is 2.59. The number of anilines is 1. The molecule has 3 rings (SSSR count). The largest absolute Gasteiger partial charge is 0.493 e. The Hall–Kier alpha value is -2.88. The van der Waals surface area contributed by atoms with Crippen molar-refractivity contribution >= 4 is 55.4 Å². The maximum absolute atomic E-state index is 12.5. The molecule has 1 amide bonds. The summed E-state index contributed by atoms with van der Waals surface area (Å²) >= 11 is 9.21. The second kappa shape index (κ2) is 11.3. The molecule has 0 bridgehead atoms. The summed E-state index contributed by atoms with van der Waals surface area (Å²) in [6.07, 6.45) is 2.37. The van der Waals surface area contributed by atoms with Crippen molar-refractivity contribution in [3.63, 3.8) is 0 Å². The van der Waals surface area contributed by atoms with E-state index in [1.807, 2.05) is 25.1 Å². The van der Waals surface area contributed by atoms with Crippen LogP contribution in [0.25, 0.3) is 0 Å². The molecule has 0 spiro atoms. The fourth-order valence-corrected chi connectivity index (χ4v) is 4.27. The summed E-state index contributed by atoms with van der Waals surface area (Å²) < 4.78 is 33.9. The summed E-state index contributed by atoms with van der Waals surface area (Å²) in [5.74, 6) is 0.222. The van der Waals surface area contributed by atoms with Crippen molar-refractivity contribution in [3.05, 3.63) is 87.4 Å². The zero-order valence-electron chi connectivity index (χ0n) is 17.6. The van der Waals surface area contributed by atoms with Crippen molar-refractivity contribution < 1.29 is 17.9 Å². The number of hydrazone groups is 1. The van der Waals surface area contributed by atoms with Crippen LogP contribution in [-0.2, 0) is 10.0 Å². The van der Waals surface area contributed by atoms with E-state index in [2.05, 4.69) is 31.2 Å². The van der Waals surface area contributed by atoms with Crippen LogP contribution in [0.1, 0.15) is 29.3 Å². The number of carbonyl (C=O) groups is 1. The molecule has 172 valence electrons. The second-order valence-electron chi connectivity index (χ2n) is 6.87. The number of rotatable bonds is 9. The Kier molecular flexibility index (Phi) is 8.49. The number of nitrogens with one attached hydrogen (secondary N) is 2. The molecular weight excluding hydrogens is 530 g/mol. The fourth-order valence-electron chi connectivity index (χ4n) is 2.71. The highest BCUT2D eigenvalue weighted by Gasteiger charge is 2.14. The minimum atomic E-state index is -3.77. The number of ether oxygens (including phenoxy) is 1. The highest BCUT2D eigenvalue weighted by Crippen LogP contribution is 2.22. The Balaban J connectivity index is 1.64. The molecule has 33 heavy (non-hydrogen) atoms. The third-order valence-electron chi connectivity index (χ3n) is 4.33. The van der Waals surface area contributed by atoms with E-state index in [1.54, 1.807) is 0 Å². The monoisotopic (exact) mass is 549 g/mol. The van der Waals surface area contributed by atoms with Gasteiger partial charge in [0.2, 0.25) is 0 Å². The van der Waals surface area contributed by atoms with Crippen LogP contribution in [0.4, 0.5) is 5.69 Å². The van der Waals surface area contributed by atoms with E-state index in [4.69, 9.17) is 16.3 Å². The van der Waals surface area contributed by atoms with Gasteiger partial charge in [-0.25, -0.2) is 13.8 Å². The molecule has 0 aromatic heterocycles. The van der Waals surface area contributed by atoms with Crippen LogP contribution in [0.3, 0.4) is 0 Å². The number of sulfonamides is 1. The molecule has 0 unspecified atom stereocenters. The molecule has 0 fully saturated rings. The van der Waals surface area contributed by atoms with Gasteiger partial charge in [0.25, 0.3) is 15.9 Å². The van der Waals surface area contributed by atoms with Gasteiger partial charge in [0.15, 0.2) is 0 Å². The van der Waals surface area contributed by atoms with Crippen LogP contribution in [0.5, 0.6) is 5.75 Å². The maximum Gasteiger partial charge on any atom is 0.271 e. The minimum absolute atomic E-state index is 0.0814. The number of carbonyl (C=O) groups excluding carboxylic acids is 1. The molecule has 0 saturated heterocycles. The van der Waals surface area contributed by atoms with Crippen LogP contribution in [0.15, 0.2) is 81.2 Å². The van der Waals surface area contributed by atoms with E-state index < -0.39 is 15.9 Å². The van der Waals surface area contributed by atoms with E-state index in [-0.39, 0.29) is 4.90 Å². The molecule has 0 saturated carbocycles. The van der Waals surface area contributed by atoms with Gasteiger partial charge < -0.3 is 4.74 Å². The van der Waals surface area contributed by atoms with Crippen LogP contribution in [0, 0.1) is 0 Å². The molecule has 10 heteroatoms. The lowest BCUT2D eigenvalue weighted by Crippen LogP contribution is -2.18. The van der Waals surface area contributed by atoms with Crippen molar-refractivity contribution in [3.8, 4) is 5.75 Å². The van der Waals surface area contributed by atoms with Crippen LogP contribution < -0.4 is 14.9 Å². The molecule has 0 aliphatic heterocycles. The van der Waals surface area contributed by atoms with Gasteiger partial charge in [0, 0.05) is 26.3 Å². The molecule has 0 atom stereocenters. The van der Waals surface area contributed by atoms with Gasteiger partial charge >= 0.3 is 0 Å². The average molecular weight is 551 g/mol. The summed E-state index contributed by atoms with van der Waals surface area (Å²) in [7, 11) is -3.77. The van der Waals surface area contributed by atoms with Gasteiger partial charge in [0.1, 0.15) is 5.75 Å². The third kappa shape index (κ3) is 7.05. The first kappa shape index (κ1) is 24.8. The number of nitrogens with zero attached hydrogens (tertiary/aromatic N) is 1. The van der Waals surface area contributed by atoms with Crippen molar-refractivity contribution in [2.24, 2.45) is 5.10 Å². The molecule has 0 aliphatic rings. The summed E-state index contributed by atoms with van der Waals surface area (Å²) in [6, 6.07) is 17.3. The number of hydrogen-bond donors (Lipinski definition) is 2. The van der Waals surface area contributed by atoms with Gasteiger partial charge in [-0.05, 0) is 73.2 Å². The van der Waals surface area contributed by atoms with E-state index >= 15 is 0 Å². The SMILES string of the molecule is CCCOc1ccc(Br)cc1/C=N/NC(=O)c1ccc(NS(=O)(=O)c2ccc(Cl)cc2)cc1. The van der Waals surface area contributed by atoms with Crippen LogP contribution in [0.2, 0.25) is 5.02 Å². The Morgan fingerprint density at radius 2 is 1.79 bits per heavy atom. The Labute approximate surface area is 206 Å². The van der Waals surface area contributed by atoms with Gasteiger partial charge in [-0.15, -0.1) is 0 Å². The number of halogens is 2. The number of benzene rings is 3. The Bertz CT molecular complexity index is 1250. The Morgan fingerprint density at radius 3 is 2.45 bits per heavy atom. The summed E-state index contributed by atoms with van der Waals surface area (Å²) in [5.41, 5.74) is 3.80. The van der Waals surface area contributed by atoms with Crippen molar-refractivity contribution in [1.82, 2.24) is 5.43 Å². The molecular formula is C23H21BrClN3O4S. The van der Waals surface area contributed by atoms with Crippen LogP contribution in [-0.4, -0.2) is 27.1 Å². The average Bonchev–Trinajstić information content (AvgIpc) is 2.79. The molecule has 2 N–H and O–H groups in total.